The van der Waals surface area contributed by atoms with Crippen molar-refractivity contribution in [2.75, 3.05) is 0 Å². The maximum absolute atomic E-state index is 2.44. The van der Waals surface area contributed by atoms with Crippen molar-refractivity contribution in [2.45, 2.75) is 46.5 Å². The van der Waals surface area contributed by atoms with Crippen molar-refractivity contribution in [3.05, 3.63) is 23.3 Å². The van der Waals surface area contributed by atoms with Gasteiger partial charge in [-0.05, 0) is 57.3 Å². The standard InChI is InChI=1S/C14H22/c1-4-5-12-8-6-10(2)13-9-7-11(3)14(12)13/h4-5,10,12-13H,6-9H2,1-3H3. The van der Waals surface area contributed by atoms with Gasteiger partial charge in [0.1, 0.15) is 0 Å². The third kappa shape index (κ3) is 1.55. The topological polar surface area (TPSA) is 0 Å². The van der Waals surface area contributed by atoms with Crippen LogP contribution < -0.4 is 0 Å². The molecule has 0 amide bonds. The van der Waals surface area contributed by atoms with E-state index in [1.54, 1.807) is 5.57 Å². The molecule has 0 N–H and O–H groups in total. The maximum Gasteiger partial charge on any atom is -0.00178 e. The van der Waals surface area contributed by atoms with Crippen molar-refractivity contribution in [1.29, 1.82) is 0 Å². The van der Waals surface area contributed by atoms with E-state index < -0.39 is 0 Å². The van der Waals surface area contributed by atoms with Gasteiger partial charge < -0.3 is 0 Å². The van der Waals surface area contributed by atoms with Gasteiger partial charge in [0.15, 0.2) is 0 Å². The monoisotopic (exact) mass is 190 g/mol. The van der Waals surface area contributed by atoms with Crippen LogP contribution in [-0.4, -0.2) is 0 Å². The van der Waals surface area contributed by atoms with Crippen molar-refractivity contribution < 1.29 is 0 Å². The highest BCUT2D eigenvalue weighted by atomic mass is 14.4. The highest BCUT2D eigenvalue weighted by Gasteiger charge is 2.35. The summed E-state index contributed by atoms with van der Waals surface area (Å²) in [6.07, 6.45) is 10.2. The van der Waals surface area contributed by atoms with E-state index in [9.17, 15) is 0 Å². The minimum absolute atomic E-state index is 0.781. The lowest BCUT2D eigenvalue weighted by molar-refractivity contribution is 0.300. The first-order valence-electron chi connectivity index (χ1n) is 6.06. The quantitative estimate of drug-likeness (QED) is 0.540. The van der Waals surface area contributed by atoms with Gasteiger partial charge in [-0.2, -0.15) is 0 Å². The first kappa shape index (κ1) is 10.0. The summed E-state index contributed by atoms with van der Waals surface area (Å²) < 4.78 is 0. The summed E-state index contributed by atoms with van der Waals surface area (Å²) in [6.45, 7) is 6.94. The summed E-state index contributed by atoms with van der Waals surface area (Å²) >= 11 is 0. The Balaban J connectivity index is 2.26. The maximum atomic E-state index is 2.44. The summed E-state index contributed by atoms with van der Waals surface area (Å²) in [5, 5.41) is 0. The second-order valence-corrected chi connectivity index (χ2v) is 5.07. The van der Waals surface area contributed by atoms with Crippen molar-refractivity contribution in [2.24, 2.45) is 17.8 Å². The molecule has 14 heavy (non-hydrogen) atoms. The predicted octanol–water partition coefficient (Wildman–Crippen LogP) is 4.34. The molecule has 78 valence electrons. The molecular weight excluding hydrogens is 168 g/mol. The number of rotatable bonds is 1. The van der Waals surface area contributed by atoms with Crippen molar-refractivity contribution in [3.63, 3.8) is 0 Å². The van der Waals surface area contributed by atoms with Gasteiger partial charge >= 0.3 is 0 Å². The Bertz CT molecular complexity index is 270. The number of allylic oxidation sites excluding steroid dienone is 4. The van der Waals surface area contributed by atoms with Crippen LogP contribution >= 0.6 is 0 Å². The van der Waals surface area contributed by atoms with Crippen LogP contribution in [0.1, 0.15) is 46.5 Å². The Labute approximate surface area is 88.1 Å². The lowest BCUT2D eigenvalue weighted by Crippen LogP contribution is -2.23. The van der Waals surface area contributed by atoms with Crippen LogP contribution in [-0.2, 0) is 0 Å². The lowest BCUT2D eigenvalue weighted by Gasteiger charge is -2.33. The first-order chi connectivity index (χ1) is 6.74. The van der Waals surface area contributed by atoms with Crippen molar-refractivity contribution >= 4 is 0 Å². The van der Waals surface area contributed by atoms with Crippen LogP contribution in [0.2, 0.25) is 0 Å². The van der Waals surface area contributed by atoms with Crippen LogP contribution in [0.15, 0.2) is 23.3 Å². The molecule has 0 bridgehead atoms. The molecule has 0 spiro atoms. The minimum atomic E-state index is 0.781. The van der Waals surface area contributed by atoms with Crippen LogP contribution in [0.25, 0.3) is 0 Å². The molecule has 0 aliphatic heterocycles. The Hall–Kier alpha value is -0.520. The fourth-order valence-electron chi connectivity index (χ4n) is 3.40. The number of hydrogen-bond donors (Lipinski definition) is 0. The summed E-state index contributed by atoms with van der Waals surface area (Å²) in [6, 6.07) is 0. The highest BCUT2D eigenvalue weighted by molar-refractivity contribution is 5.29. The van der Waals surface area contributed by atoms with Gasteiger partial charge in [0.2, 0.25) is 0 Å². The number of hydrogen-bond acceptors (Lipinski definition) is 0. The van der Waals surface area contributed by atoms with Gasteiger partial charge in [-0.1, -0.05) is 30.2 Å². The molecule has 0 aromatic rings. The third-order valence-corrected chi connectivity index (χ3v) is 4.17. The van der Waals surface area contributed by atoms with Gasteiger partial charge in [-0.25, -0.2) is 0 Å². The molecule has 2 aliphatic rings. The van der Waals surface area contributed by atoms with E-state index in [-0.39, 0.29) is 0 Å². The van der Waals surface area contributed by atoms with E-state index >= 15 is 0 Å². The minimum Gasteiger partial charge on any atom is -0.0911 e. The van der Waals surface area contributed by atoms with Gasteiger partial charge in [0.05, 0.1) is 0 Å². The number of fused-ring (bicyclic) bond motifs is 1. The molecule has 3 unspecified atom stereocenters. The molecular formula is C14H22. The zero-order valence-corrected chi connectivity index (χ0v) is 9.72. The molecule has 0 radical (unpaired) electrons. The van der Waals surface area contributed by atoms with E-state index in [0.29, 0.717) is 0 Å². The largest absolute Gasteiger partial charge is 0.0911 e. The van der Waals surface area contributed by atoms with Gasteiger partial charge in [0.25, 0.3) is 0 Å². The molecule has 2 aliphatic carbocycles. The molecule has 0 aromatic carbocycles. The Morgan fingerprint density at radius 2 is 2.00 bits per heavy atom. The Morgan fingerprint density at radius 1 is 1.21 bits per heavy atom. The van der Waals surface area contributed by atoms with E-state index in [4.69, 9.17) is 0 Å². The molecule has 2 rings (SSSR count). The van der Waals surface area contributed by atoms with Crippen LogP contribution in [0.4, 0.5) is 0 Å². The molecule has 3 atom stereocenters. The van der Waals surface area contributed by atoms with Crippen molar-refractivity contribution in [1.82, 2.24) is 0 Å². The first-order valence-corrected chi connectivity index (χ1v) is 6.06. The van der Waals surface area contributed by atoms with Crippen LogP contribution in [0.3, 0.4) is 0 Å². The second-order valence-electron chi connectivity index (χ2n) is 5.07. The zero-order chi connectivity index (χ0) is 10.1. The van der Waals surface area contributed by atoms with Gasteiger partial charge in [0, 0.05) is 0 Å². The summed E-state index contributed by atoms with van der Waals surface area (Å²) in [7, 11) is 0. The fraction of sp³-hybridized carbons (Fsp3) is 0.714. The summed E-state index contributed by atoms with van der Waals surface area (Å²) in [4.78, 5) is 0. The molecule has 0 nitrogen and oxygen atoms in total. The lowest BCUT2D eigenvalue weighted by atomic mass is 9.71. The highest BCUT2D eigenvalue weighted by Crippen LogP contribution is 2.47. The molecule has 0 heteroatoms. The molecule has 1 saturated carbocycles. The van der Waals surface area contributed by atoms with E-state index in [0.717, 1.165) is 17.8 Å². The van der Waals surface area contributed by atoms with E-state index in [1.807, 2.05) is 5.57 Å². The second kappa shape index (κ2) is 3.92. The average Bonchev–Trinajstić information content (AvgIpc) is 2.55. The smallest absolute Gasteiger partial charge is 0.00178 e. The predicted molar refractivity (Wildman–Crippen MR) is 62.1 cm³/mol. The molecule has 0 saturated heterocycles. The Morgan fingerprint density at radius 3 is 2.71 bits per heavy atom. The zero-order valence-electron chi connectivity index (χ0n) is 9.72. The SMILES string of the molecule is CC=CC1CCC(C)C2CCC(C)=C12. The summed E-state index contributed by atoms with van der Waals surface area (Å²) in [5.74, 6) is 2.64. The van der Waals surface area contributed by atoms with E-state index in [1.165, 1.54) is 25.7 Å². The van der Waals surface area contributed by atoms with Crippen molar-refractivity contribution in [3.8, 4) is 0 Å². The van der Waals surface area contributed by atoms with Crippen LogP contribution in [0.5, 0.6) is 0 Å². The van der Waals surface area contributed by atoms with E-state index in [2.05, 4.69) is 32.9 Å². The molecule has 0 heterocycles. The third-order valence-electron chi connectivity index (χ3n) is 4.17. The molecule has 1 fully saturated rings. The van der Waals surface area contributed by atoms with Gasteiger partial charge in [-0.15, -0.1) is 0 Å². The summed E-state index contributed by atoms with van der Waals surface area (Å²) in [5.41, 5.74) is 3.51. The average molecular weight is 190 g/mol. The fourth-order valence-corrected chi connectivity index (χ4v) is 3.40. The molecule has 0 aromatic heterocycles. The van der Waals surface area contributed by atoms with Gasteiger partial charge in [-0.3, -0.25) is 0 Å². The Kier molecular flexibility index (Phi) is 2.80. The van der Waals surface area contributed by atoms with Crippen LogP contribution in [0, 0.1) is 17.8 Å². The normalized spacial score (nSPS) is 38.1.